The lowest BCUT2D eigenvalue weighted by Crippen LogP contribution is -2.40. The molecule has 3 N–H and O–H groups in total. The zero-order valence-corrected chi connectivity index (χ0v) is 9.77. The first kappa shape index (κ1) is 10.3. The van der Waals surface area contributed by atoms with Crippen LogP contribution in [0.15, 0.2) is 18.7 Å². The lowest BCUT2D eigenvalue weighted by molar-refractivity contribution is 0.488. The molecule has 0 saturated heterocycles. The molecule has 1 atom stereocenters. The molecule has 3 heterocycles. The molecule has 6 nitrogen and oxygen atoms in total. The molecular weight excluding hydrogens is 216 g/mol. The molecule has 0 aliphatic carbocycles. The van der Waals surface area contributed by atoms with E-state index in [2.05, 4.69) is 25.7 Å². The Hall–Kier alpha value is -1.82. The number of aromatic amines is 1. The minimum absolute atomic E-state index is 0.422. The monoisotopic (exact) mass is 232 g/mol. The molecule has 0 saturated carbocycles. The highest BCUT2D eigenvalue weighted by atomic mass is 15.3. The summed E-state index contributed by atoms with van der Waals surface area (Å²) in [7, 11) is 1.92. The van der Waals surface area contributed by atoms with Crippen LogP contribution in [0.2, 0.25) is 0 Å². The lowest BCUT2D eigenvalue weighted by atomic mass is 10.1. The summed E-state index contributed by atoms with van der Waals surface area (Å²) >= 11 is 0. The Labute approximate surface area is 99.4 Å². The van der Waals surface area contributed by atoms with Crippen LogP contribution in [-0.4, -0.2) is 32.3 Å². The Morgan fingerprint density at radius 2 is 2.53 bits per heavy atom. The van der Waals surface area contributed by atoms with Gasteiger partial charge in [-0.1, -0.05) is 0 Å². The van der Waals surface area contributed by atoms with Gasteiger partial charge >= 0.3 is 0 Å². The van der Waals surface area contributed by atoms with E-state index in [-0.39, 0.29) is 0 Å². The van der Waals surface area contributed by atoms with Gasteiger partial charge in [0.1, 0.15) is 0 Å². The van der Waals surface area contributed by atoms with Crippen molar-refractivity contribution < 1.29 is 0 Å². The van der Waals surface area contributed by atoms with E-state index < -0.39 is 0 Å². The lowest BCUT2D eigenvalue weighted by Gasteiger charge is -2.23. The van der Waals surface area contributed by atoms with Gasteiger partial charge < -0.3 is 15.6 Å². The maximum Gasteiger partial charge on any atom is 0.0925 e. The van der Waals surface area contributed by atoms with Gasteiger partial charge in [0.15, 0.2) is 0 Å². The number of anilines is 1. The number of fused-ring (bicyclic) bond motifs is 1. The molecule has 2 aromatic heterocycles. The maximum absolute atomic E-state index is 4.33. The van der Waals surface area contributed by atoms with Crippen molar-refractivity contribution in [3.63, 3.8) is 0 Å². The largest absolute Gasteiger partial charge is 0.381 e. The van der Waals surface area contributed by atoms with Crippen LogP contribution in [0.5, 0.6) is 0 Å². The van der Waals surface area contributed by atoms with Gasteiger partial charge in [-0.05, 0) is 0 Å². The summed E-state index contributed by atoms with van der Waals surface area (Å²) in [5, 5.41) is 11.0. The van der Waals surface area contributed by atoms with Crippen LogP contribution < -0.4 is 10.6 Å². The summed E-state index contributed by atoms with van der Waals surface area (Å²) < 4.78 is 1.79. The van der Waals surface area contributed by atoms with Crippen molar-refractivity contribution >= 4 is 5.69 Å². The minimum atomic E-state index is 0.422. The summed E-state index contributed by atoms with van der Waals surface area (Å²) in [5.41, 5.74) is 3.45. The standard InChI is InChI=1S/C11H16N6/c1-17-6-9(4-16-17)12-3-8-2-10-11(5-13-8)15-7-14-10/h4,6-8,12-13H,2-3,5H2,1H3,(H,14,15). The van der Waals surface area contributed by atoms with Crippen molar-refractivity contribution in [1.82, 2.24) is 25.1 Å². The average Bonchev–Trinajstić information content (AvgIpc) is 2.94. The quantitative estimate of drug-likeness (QED) is 0.710. The molecular formula is C11H16N6. The number of nitrogens with zero attached hydrogens (tertiary/aromatic N) is 3. The Morgan fingerprint density at radius 3 is 3.35 bits per heavy atom. The van der Waals surface area contributed by atoms with E-state index in [1.54, 1.807) is 11.0 Å². The molecule has 0 bridgehead atoms. The molecule has 0 radical (unpaired) electrons. The summed E-state index contributed by atoms with van der Waals surface area (Å²) in [6.45, 7) is 1.76. The molecule has 17 heavy (non-hydrogen) atoms. The fourth-order valence-electron chi connectivity index (χ4n) is 2.13. The van der Waals surface area contributed by atoms with E-state index >= 15 is 0 Å². The Bertz CT molecular complexity index is 500. The molecule has 1 aliphatic rings. The number of hydrogen-bond acceptors (Lipinski definition) is 4. The van der Waals surface area contributed by atoms with E-state index in [0.717, 1.165) is 25.2 Å². The van der Waals surface area contributed by atoms with Crippen molar-refractivity contribution in [3.05, 3.63) is 30.1 Å². The van der Waals surface area contributed by atoms with Gasteiger partial charge in [-0.2, -0.15) is 5.10 Å². The third-order valence-electron chi connectivity index (χ3n) is 3.07. The highest BCUT2D eigenvalue weighted by molar-refractivity contribution is 5.38. The summed E-state index contributed by atoms with van der Waals surface area (Å²) in [6, 6.07) is 0.422. The first-order chi connectivity index (χ1) is 8.31. The van der Waals surface area contributed by atoms with Crippen molar-refractivity contribution in [1.29, 1.82) is 0 Å². The van der Waals surface area contributed by atoms with E-state index in [1.165, 1.54) is 11.4 Å². The molecule has 2 aromatic rings. The summed E-state index contributed by atoms with van der Waals surface area (Å²) in [5.74, 6) is 0. The Balaban J connectivity index is 1.57. The van der Waals surface area contributed by atoms with Gasteiger partial charge in [-0.3, -0.25) is 4.68 Å². The third kappa shape index (κ3) is 2.16. The summed E-state index contributed by atoms with van der Waals surface area (Å²) in [4.78, 5) is 7.47. The number of hydrogen-bond donors (Lipinski definition) is 3. The smallest absolute Gasteiger partial charge is 0.0925 e. The van der Waals surface area contributed by atoms with Crippen LogP contribution in [0.1, 0.15) is 11.4 Å². The number of aryl methyl sites for hydroxylation is 1. The minimum Gasteiger partial charge on any atom is -0.381 e. The fourth-order valence-corrected chi connectivity index (χ4v) is 2.13. The molecule has 0 aromatic carbocycles. The van der Waals surface area contributed by atoms with Gasteiger partial charge in [-0.25, -0.2) is 4.98 Å². The zero-order valence-electron chi connectivity index (χ0n) is 9.77. The first-order valence-corrected chi connectivity index (χ1v) is 5.78. The predicted octanol–water partition coefficient (Wildman–Crippen LogP) is 0.270. The van der Waals surface area contributed by atoms with Crippen LogP contribution in [0, 0.1) is 0 Å². The first-order valence-electron chi connectivity index (χ1n) is 5.78. The fraction of sp³-hybridized carbons (Fsp3) is 0.455. The predicted molar refractivity (Wildman–Crippen MR) is 64.6 cm³/mol. The van der Waals surface area contributed by atoms with Crippen molar-refractivity contribution in [2.75, 3.05) is 11.9 Å². The highest BCUT2D eigenvalue weighted by Gasteiger charge is 2.19. The van der Waals surface area contributed by atoms with Gasteiger partial charge in [-0.15, -0.1) is 0 Å². The van der Waals surface area contributed by atoms with Crippen LogP contribution >= 0.6 is 0 Å². The van der Waals surface area contributed by atoms with E-state index in [0.29, 0.717) is 6.04 Å². The SMILES string of the molecule is Cn1cc(NCC2Cc3nc[nH]c3CN2)cn1. The highest BCUT2D eigenvalue weighted by Crippen LogP contribution is 2.12. The molecule has 0 amide bonds. The van der Waals surface area contributed by atoms with E-state index in [9.17, 15) is 0 Å². The molecule has 1 unspecified atom stereocenters. The molecule has 0 fully saturated rings. The van der Waals surface area contributed by atoms with Crippen molar-refractivity contribution in [2.45, 2.75) is 19.0 Å². The number of nitrogens with one attached hydrogen (secondary N) is 3. The second kappa shape index (κ2) is 4.21. The van der Waals surface area contributed by atoms with Crippen LogP contribution in [0.4, 0.5) is 5.69 Å². The van der Waals surface area contributed by atoms with Crippen LogP contribution in [-0.2, 0) is 20.0 Å². The molecule has 1 aliphatic heterocycles. The van der Waals surface area contributed by atoms with E-state index in [4.69, 9.17) is 0 Å². The second-order valence-electron chi connectivity index (χ2n) is 4.39. The zero-order chi connectivity index (χ0) is 11.7. The van der Waals surface area contributed by atoms with Gasteiger partial charge in [0.05, 0.1) is 29.6 Å². The Kier molecular flexibility index (Phi) is 2.56. The third-order valence-corrected chi connectivity index (χ3v) is 3.07. The molecule has 3 rings (SSSR count). The molecule has 90 valence electrons. The number of imidazole rings is 1. The van der Waals surface area contributed by atoms with Gasteiger partial charge in [0.25, 0.3) is 0 Å². The second-order valence-corrected chi connectivity index (χ2v) is 4.39. The van der Waals surface area contributed by atoms with Crippen molar-refractivity contribution in [2.24, 2.45) is 7.05 Å². The molecule has 0 spiro atoms. The maximum atomic E-state index is 4.33. The Morgan fingerprint density at radius 1 is 1.59 bits per heavy atom. The van der Waals surface area contributed by atoms with Crippen molar-refractivity contribution in [3.8, 4) is 0 Å². The van der Waals surface area contributed by atoms with E-state index in [1.807, 2.05) is 19.4 Å². The average molecular weight is 232 g/mol. The van der Waals surface area contributed by atoms with Gasteiger partial charge in [0.2, 0.25) is 0 Å². The number of aromatic nitrogens is 4. The normalized spacial score (nSPS) is 19.0. The number of rotatable bonds is 3. The van der Waals surface area contributed by atoms with Crippen LogP contribution in [0.3, 0.4) is 0 Å². The topological polar surface area (TPSA) is 70.6 Å². The van der Waals surface area contributed by atoms with Gasteiger partial charge in [0, 0.05) is 38.8 Å². The van der Waals surface area contributed by atoms with Crippen LogP contribution in [0.25, 0.3) is 0 Å². The summed E-state index contributed by atoms with van der Waals surface area (Å²) in [6.07, 6.45) is 6.54. The molecule has 6 heteroatoms. The number of H-pyrrole nitrogens is 1.